The van der Waals surface area contributed by atoms with Gasteiger partial charge in [-0.25, -0.2) is 0 Å². The zero-order valence-electron chi connectivity index (χ0n) is 10.2. The molecule has 0 fully saturated rings. The average Bonchev–Trinajstić information content (AvgIpc) is 1.98. The van der Waals surface area contributed by atoms with Gasteiger partial charge in [0, 0.05) is 11.5 Å². The van der Waals surface area contributed by atoms with Gasteiger partial charge in [0.1, 0.15) is 6.17 Å². The first-order valence-corrected chi connectivity index (χ1v) is 6.21. The topological polar surface area (TPSA) is 41.1 Å². The molecule has 0 radical (unpaired) electrons. The largest absolute Gasteiger partial charge is 0.336 e. The van der Waals surface area contributed by atoms with Crippen molar-refractivity contribution < 1.29 is 4.79 Å². The number of halogens is 3. The van der Waals surface area contributed by atoms with E-state index in [-0.39, 0.29) is 17.4 Å². The van der Waals surface area contributed by atoms with Gasteiger partial charge in [-0.05, 0) is 20.8 Å². The molecule has 0 aliphatic carbocycles. The molecule has 1 unspecified atom stereocenters. The van der Waals surface area contributed by atoms with Crippen LogP contribution in [0.5, 0.6) is 0 Å². The molecule has 0 aliphatic heterocycles. The minimum atomic E-state index is -1.59. The van der Waals surface area contributed by atoms with Crippen molar-refractivity contribution in [2.75, 3.05) is 0 Å². The Labute approximate surface area is 112 Å². The van der Waals surface area contributed by atoms with Gasteiger partial charge in [-0.2, -0.15) is 0 Å². The number of hydrogen-bond acceptors (Lipinski definition) is 2. The van der Waals surface area contributed by atoms with Crippen molar-refractivity contribution >= 4 is 40.7 Å². The highest BCUT2D eigenvalue weighted by Crippen LogP contribution is 2.30. The lowest BCUT2D eigenvalue weighted by Crippen LogP contribution is -2.59. The Bertz CT molecular complexity index is 243. The van der Waals surface area contributed by atoms with E-state index in [9.17, 15) is 4.79 Å². The standard InChI is InChI=1S/C10H19Cl3N2O/c1-6(2)7(16)14-8(10(11,12)13)15-9(3,4)5/h6,8,15H,1-5H3,(H,14,16). The first-order valence-electron chi connectivity index (χ1n) is 5.08. The summed E-state index contributed by atoms with van der Waals surface area (Å²) in [5, 5.41) is 5.72. The summed E-state index contributed by atoms with van der Waals surface area (Å²) in [5.41, 5.74) is -0.265. The number of amides is 1. The Balaban J connectivity index is 4.65. The van der Waals surface area contributed by atoms with Crippen LogP contribution in [0, 0.1) is 5.92 Å². The maximum Gasteiger partial charge on any atom is 0.223 e. The minimum Gasteiger partial charge on any atom is -0.336 e. The smallest absolute Gasteiger partial charge is 0.223 e. The van der Waals surface area contributed by atoms with E-state index in [1.54, 1.807) is 13.8 Å². The number of alkyl halides is 3. The van der Waals surface area contributed by atoms with Crippen molar-refractivity contribution in [3.63, 3.8) is 0 Å². The Kier molecular flexibility index (Phi) is 5.87. The lowest BCUT2D eigenvalue weighted by atomic mass is 10.1. The van der Waals surface area contributed by atoms with Crippen molar-refractivity contribution in [1.29, 1.82) is 0 Å². The Morgan fingerprint density at radius 2 is 1.56 bits per heavy atom. The molecule has 16 heavy (non-hydrogen) atoms. The zero-order valence-corrected chi connectivity index (χ0v) is 12.5. The quantitative estimate of drug-likeness (QED) is 0.619. The van der Waals surface area contributed by atoms with E-state index in [1.165, 1.54) is 0 Å². The molecular formula is C10H19Cl3N2O. The fraction of sp³-hybridized carbons (Fsp3) is 0.900. The molecule has 6 heteroatoms. The maximum absolute atomic E-state index is 11.6. The van der Waals surface area contributed by atoms with Crippen LogP contribution in [-0.2, 0) is 4.79 Å². The summed E-state index contributed by atoms with van der Waals surface area (Å²) in [4.78, 5) is 11.6. The van der Waals surface area contributed by atoms with Crippen molar-refractivity contribution in [2.24, 2.45) is 5.92 Å². The van der Waals surface area contributed by atoms with Crippen LogP contribution in [0.25, 0.3) is 0 Å². The molecule has 96 valence electrons. The molecule has 1 atom stereocenters. The van der Waals surface area contributed by atoms with E-state index in [0.29, 0.717) is 0 Å². The molecule has 0 rings (SSSR count). The van der Waals surface area contributed by atoms with Gasteiger partial charge in [0.15, 0.2) is 0 Å². The summed E-state index contributed by atoms with van der Waals surface area (Å²) in [7, 11) is 0. The highest BCUT2D eigenvalue weighted by Gasteiger charge is 2.36. The number of carbonyl (C=O) groups excluding carboxylic acids is 1. The third-order valence-electron chi connectivity index (χ3n) is 1.72. The number of nitrogens with one attached hydrogen (secondary N) is 2. The van der Waals surface area contributed by atoms with Gasteiger partial charge in [0.2, 0.25) is 9.70 Å². The van der Waals surface area contributed by atoms with Gasteiger partial charge >= 0.3 is 0 Å². The van der Waals surface area contributed by atoms with Crippen LogP contribution in [-0.4, -0.2) is 21.4 Å². The minimum absolute atomic E-state index is 0.156. The van der Waals surface area contributed by atoms with Crippen LogP contribution in [0.1, 0.15) is 34.6 Å². The van der Waals surface area contributed by atoms with Gasteiger partial charge in [0.05, 0.1) is 0 Å². The van der Waals surface area contributed by atoms with Gasteiger partial charge < -0.3 is 5.32 Å². The predicted molar refractivity (Wildman–Crippen MR) is 69.9 cm³/mol. The van der Waals surface area contributed by atoms with Gasteiger partial charge in [-0.1, -0.05) is 48.7 Å². The Hall–Kier alpha value is 0.300. The normalized spacial score (nSPS) is 15.1. The van der Waals surface area contributed by atoms with Crippen LogP contribution < -0.4 is 10.6 Å². The SMILES string of the molecule is CC(C)C(=O)NC(NC(C)(C)C)C(Cl)(Cl)Cl. The molecule has 0 spiro atoms. The monoisotopic (exact) mass is 288 g/mol. The first kappa shape index (κ1) is 16.3. The molecule has 0 aromatic rings. The van der Waals surface area contributed by atoms with E-state index in [1.807, 2.05) is 20.8 Å². The van der Waals surface area contributed by atoms with Gasteiger partial charge in [-0.15, -0.1) is 0 Å². The van der Waals surface area contributed by atoms with Crippen LogP contribution in [0.3, 0.4) is 0 Å². The van der Waals surface area contributed by atoms with Crippen molar-refractivity contribution in [2.45, 2.75) is 50.1 Å². The van der Waals surface area contributed by atoms with Crippen molar-refractivity contribution in [1.82, 2.24) is 10.6 Å². The maximum atomic E-state index is 11.6. The fourth-order valence-corrected chi connectivity index (χ4v) is 1.27. The van der Waals surface area contributed by atoms with E-state index in [4.69, 9.17) is 34.8 Å². The molecule has 0 saturated heterocycles. The average molecular weight is 290 g/mol. The number of carbonyl (C=O) groups is 1. The van der Waals surface area contributed by atoms with E-state index in [2.05, 4.69) is 10.6 Å². The predicted octanol–water partition coefficient (Wildman–Crippen LogP) is 2.84. The van der Waals surface area contributed by atoms with Crippen LogP contribution in [0.2, 0.25) is 0 Å². The third-order valence-corrected chi connectivity index (χ3v) is 2.37. The molecule has 2 N–H and O–H groups in total. The second-order valence-corrected chi connectivity index (χ2v) is 7.40. The lowest BCUT2D eigenvalue weighted by Gasteiger charge is -2.33. The summed E-state index contributed by atoms with van der Waals surface area (Å²) in [5.74, 6) is -0.315. The number of hydrogen-bond donors (Lipinski definition) is 2. The van der Waals surface area contributed by atoms with E-state index in [0.717, 1.165) is 0 Å². The number of rotatable bonds is 3. The molecule has 3 nitrogen and oxygen atoms in total. The first-order chi connectivity index (χ1) is 6.93. The van der Waals surface area contributed by atoms with Crippen molar-refractivity contribution in [3.8, 4) is 0 Å². The van der Waals surface area contributed by atoms with Crippen LogP contribution in [0.4, 0.5) is 0 Å². The lowest BCUT2D eigenvalue weighted by molar-refractivity contribution is -0.125. The van der Waals surface area contributed by atoms with Gasteiger partial charge in [0.25, 0.3) is 0 Å². The zero-order chi connectivity index (χ0) is 13.1. The molecular weight excluding hydrogens is 270 g/mol. The Morgan fingerprint density at radius 3 is 1.81 bits per heavy atom. The Morgan fingerprint density at radius 1 is 1.12 bits per heavy atom. The van der Waals surface area contributed by atoms with Gasteiger partial charge in [-0.3, -0.25) is 10.1 Å². The van der Waals surface area contributed by atoms with E-state index < -0.39 is 9.96 Å². The molecule has 1 amide bonds. The summed E-state index contributed by atoms with van der Waals surface area (Å²) in [6.07, 6.45) is -0.715. The molecule has 0 bridgehead atoms. The fourth-order valence-electron chi connectivity index (χ4n) is 0.942. The second kappa shape index (κ2) is 5.76. The highest BCUT2D eigenvalue weighted by atomic mass is 35.6. The van der Waals surface area contributed by atoms with E-state index >= 15 is 0 Å². The summed E-state index contributed by atoms with van der Waals surface area (Å²) in [6, 6.07) is 0. The molecule has 0 aromatic carbocycles. The summed E-state index contributed by atoms with van der Waals surface area (Å²) in [6.45, 7) is 9.34. The summed E-state index contributed by atoms with van der Waals surface area (Å²) < 4.78 is -1.59. The molecule has 0 saturated carbocycles. The third kappa shape index (κ3) is 6.79. The van der Waals surface area contributed by atoms with Crippen LogP contribution in [0.15, 0.2) is 0 Å². The molecule has 0 aliphatic rings. The highest BCUT2D eigenvalue weighted by molar-refractivity contribution is 6.68. The second-order valence-electron chi connectivity index (χ2n) is 5.03. The van der Waals surface area contributed by atoms with Crippen molar-refractivity contribution in [3.05, 3.63) is 0 Å². The molecule has 0 heterocycles. The molecule has 0 aromatic heterocycles. The summed E-state index contributed by atoms with van der Waals surface area (Å²) >= 11 is 17.4. The van der Waals surface area contributed by atoms with Crippen LogP contribution >= 0.6 is 34.8 Å².